The summed E-state index contributed by atoms with van der Waals surface area (Å²) in [7, 11) is 0. The van der Waals surface area contributed by atoms with Crippen LogP contribution in [0.1, 0.15) is 13.8 Å². The average molecular weight is 545 g/mol. The molecular weight excluding hydrogens is 516 g/mol. The van der Waals surface area contributed by atoms with Crippen molar-refractivity contribution < 1.29 is 42.9 Å². The number of carbonyl (C=O) groups is 4. The minimum Gasteiger partial charge on any atom is -0.483 e. The maximum atomic E-state index is 11.9. The van der Waals surface area contributed by atoms with E-state index in [9.17, 15) is 19.2 Å². The lowest BCUT2D eigenvalue weighted by molar-refractivity contribution is -0.143. The summed E-state index contributed by atoms with van der Waals surface area (Å²) >= 11 is 0. The Labute approximate surface area is 231 Å². The summed E-state index contributed by atoms with van der Waals surface area (Å²) < 4.78 is 26.3. The molecule has 9 heteroatoms. The van der Waals surface area contributed by atoms with E-state index in [1.54, 1.807) is 67.6 Å². The summed E-state index contributed by atoms with van der Waals surface area (Å²) in [6.45, 7) is 10.5. The molecule has 1 unspecified atom stereocenters. The van der Waals surface area contributed by atoms with Crippen molar-refractivity contribution in [3.8, 4) is 39.5 Å². The van der Waals surface area contributed by atoms with Gasteiger partial charge in [0, 0.05) is 11.1 Å². The average Bonchev–Trinajstić information content (AvgIpc) is 2.95. The predicted molar refractivity (Wildman–Crippen MR) is 147 cm³/mol. The molecule has 0 radical (unpaired) electrons. The number of ether oxygens (including phenoxy) is 5. The number of carbonyl (C=O) groups excluding carboxylic acids is 4. The summed E-state index contributed by atoms with van der Waals surface area (Å²) in [6, 6.07) is 19.2. The van der Waals surface area contributed by atoms with Gasteiger partial charge in [-0.1, -0.05) is 37.4 Å². The van der Waals surface area contributed by atoms with Gasteiger partial charge < -0.3 is 23.7 Å². The molecule has 3 aromatic carbocycles. The Balaban J connectivity index is 1.97. The highest BCUT2D eigenvalue weighted by molar-refractivity contribution is 5.89. The predicted octanol–water partition coefficient (Wildman–Crippen LogP) is 5.08. The largest absolute Gasteiger partial charge is 0.483 e. The lowest BCUT2D eigenvalue weighted by Crippen LogP contribution is -2.30. The number of hydrogen-bond donors (Lipinski definition) is 0. The molecule has 0 spiro atoms. The van der Waals surface area contributed by atoms with E-state index in [0.717, 1.165) is 22.3 Å². The zero-order valence-corrected chi connectivity index (χ0v) is 22.1. The third kappa shape index (κ3) is 8.42. The van der Waals surface area contributed by atoms with Gasteiger partial charge in [0.1, 0.15) is 30.5 Å². The van der Waals surface area contributed by atoms with E-state index < -0.39 is 18.0 Å². The van der Waals surface area contributed by atoms with E-state index in [1.807, 2.05) is 6.07 Å². The normalized spacial score (nSPS) is 10.9. The summed E-state index contributed by atoms with van der Waals surface area (Å²) in [5.74, 6) is 0.0317. The number of esters is 2. The Morgan fingerprint density at radius 1 is 0.700 bits per heavy atom. The van der Waals surface area contributed by atoms with Gasteiger partial charge in [0.2, 0.25) is 0 Å². The molecule has 0 bridgehead atoms. The zero-order valence-electron chi connectivity index (χ0n) is 22.1. The maximum absolute atomic E-state index is 11.9. The second kappa shape index (κ2) is 14.1. The fraction of sp³-hybridized carbons (Fsp3) is 0.161. The molecular formula is C31H28O9. The van der Waals surface area contributed by atoms with Crippen molar-refractivity contribution in [2.75, 3.05) is 13.2 Å². The van der Waals surface area contributed by atoms with Crippen LogP contribution in [-0.4, -0.2) is 44.2 Å². The molecule has 0 N–H and O–H groups in total. The summed E-state index contributed by atoms with van der Waals surface area (Å²) in [5.41, 5.74) is 3.61. The summed E-state index contributed by atoms with van der Waals surface area (Å²) in [5, 5.41) is 0. The quantitative estimate of drug-likeness (QED) is 0.119. The first-order valence-corrected chi connectivity index (χ1v) is 12.1. The van der Waals surface area contributed by atoms with E-state index >= 15 is 0 Å². The van der Waals surface area contributed by atoms with Crippen LogP contribution in [0.2, 0.25) is 0 Å². The van der Waals surface area contributed by atoms with Crippen LogP contribution in [0, 0.1) is 0 Å². The van der Waals surface area contributed by atoms with Gasteiger partial charge in [0.25, 0.3) is 12.9 Å². The van der Waals surface area contributed by atoms with Crippen LogP contribution in [0.4, 0.5) is 0 Å². The third-order valence-corrected chi connectivity index (χ3v) is 5.43. The highest BCUT2D eigenvalue weighted by Crippen LogP contribution is 2.33. The van der Waals surface area contributed by atoms with Crippen molar-refractivity contribution in [1.29, 1.82) is 0 Å². The molecule has 0 aliphatic rings. The van der Waals surface area contributed by atoms with Gasteiger partial charge in [-0.3, -0.25) is 9.59 Å². The van der Waals surface area contributed by atoms with Crippen molar-refractivity contribution in [1.82, 2.24) is 0 Å². The van der Waals surface area contributed by atoms with Gasteiger partial charge in [-0.2, -0.15) is 0 Å². The van der Waals surface area contributed by atoms with Crippen LogP contribution in [0.25, 0.3) is 22.3 Å². The van der Waals surface area contributed by atoms with Crippen molar-refractivity contribution in [2.24, 2.45) is 0 Å². The zero-order chi connectivity index (χ0) is 29.1. The second-order valence-corrected chi connectivity index (χ2v) is 8.73. The van der Waals surface area contributed by atoms with Crippen molar-refractivity contribution in [3.05, 3.63) is 91.0 Å². The molecule has 0 saturated carbocycles. The minimum absolute atomic E-state index is 0.160. The van der Waals surface area contributed by atoms with E-state index in [2.05, 4.69) is 13.2 Å². The molecule has 0 amide bonds. The first-order chi connectivity index (χ1) is 19.2. The lowest BCUT2D eigenvalue weighted by Gasteiger charge is -2.20. The fourth-order valence-electron chi connectivity index (χ4n) is 3.44. The molecule has 206 valence electrons. The second-order valence-electron chi connectivity index (χ2n) is 8.73. The topological polar surface area (TPSA) is 114 Å². The molecule has 1 atom stereocenters. The van der Waals surface area contributed by atoms with Crippen molar-refractivity contribution in [3.63, 3.8) is 0 Å². The molecule has 3 rings (SSSR count). The van der Waals surface area contributed by atoms with Crippen LogP contribution < -0.4 is 14.2 Å². The maximum Gasteiger partial charge on any atom is 0.338 e. The van der Waals surface area contributed by atoms with Gasteiger partial charge in [0.05, 0.1) is 0 Å². The Morgan fingerprint density at radius 3 is 1.75 bits per heavy atom. The first kappa shape index (κ1) is 29.4. The molecule has 9 nitrogen and oxygen atoms in total. The monoisotopic (exact) mass is 544 g/mol. The van der Waals surface area contributed by atoms with E-state index in [0.29, 0.717) is 23.7 Å². The summed E-state index contributed by atoms with van der Waals surface area (Å²) in [4.78, 5) is 45.2. The Hall–Kier alpha value is -5.18. The molecule has 0 fully saturated rings. The smallest absolute Gasteiger partial charge is 0.338 e. The Kier molecular flexibility index (Phi) is 10.4. The molecule has 3 aromatic rings. The standard InChI is InChI=1S/C31H28O9/c1-20(2)30(34)37-17-29(16-36-18-32)39-28-14-24(22-5-9-26(10-6-22)38-19-33)13-25(15-28)23-7-11-27(12-8-23)40-31(35)21(3)4/h5-15,18-19,29H,1,3,16-17H2,2,4H3. The number of hydrogen-bond acceptors (Lipinski definition) is 9. The number of rotatable bonds is 14. The highest BCUT2D eigenvalue weighted by Gasteiger charge is 2.17. The van der Waals surface area contributed by atoms with Crippen LogP contribution >= 0.6 is 0 Å². The molecule has 0 aliphatic carbocycles. The molecule has 0 saturated heterocycles. The SMILES string of the molecule is C=C(C)C(=O)OCC(COC=O)Oc1cc(-c2ccc(OC=O)cc2)cc(-c2ccc(OC(=O)C(=C)C)cc2)c1. The molecule has 0 aliphatic heterocycles. The molecule has 0 aromatic heterocycles. The molecule has 40 heavy (non-hydrogen) atoms. The van der Waals surface area contributed by atoms with Crippen LogP contribution in [-0.2, 0) is 28.7 Å². The summed E-state index contributed by atoms with van der Waals surface area (Å²) in [6.07, 6.45) is -0.802. The first-order valence-electron chi connectivity index (χ1n) is 12.1. The van der Waals surface area contributed by atoms with Crippen LogP contribution in [0.3, 0.4) is 0 Å². The fourth-order valence-corrected chi connectivity index (χ4v) is 3.44. The van der Waals surface area contributed by atoms with E-state index in [4.69, 9.17) is 23.7 Å². The van der Waals surface area contributed by atoms with Crippen molar-refractivity contribution >= 4 is 24.9 Å². The third-order valence-electron chi connectivity index (χ3n) is 5.43. The van der Waals surface area contributed by atoms with Crippen LogP contribution in [0.15, 0.2) is 91.0 Å². The highest BCUT2D eigenvalue weighted by atomic mass is 16.6. The minimum atomic E-state index is -0.802. The number of benzene rings is 3. The molecule has 0 heterocycles. The van der Waals surface area contributed by atoms with Crippen molar-refractivity contribution in [2.45, 2.75) is 20.0 Å². The van der Waals surface area contributed by atoms with E-state index in [-0.39, 0.29) is 30.8 Å². The van der Waals surface area contributed by atoms with Crippen LogP contribution in [0.5, 0.6) is 17.2 Å². The van der Waals surface area contributed by atoms with Gasteiger partial charge in [0.15, 0.2) is 6.10 Å². The lowest BCUT2D eigenvalue weighted by atomic mass is 9.98. The Morgan fingerprint density at radius 2 is 1.25 bits per heavy atom. The van der Waals surface area contributed by atoms with Gasteiger partial charge >= 0.3 is 11.9 Å². The van der Waals surface area contributed by atoms with Gasteiger partial charge in [-0.15, -0.1) is 0 Å². The van der Waals surface area contributed by atoms with Gasteiger partial charge in [-0.05, 0) is 78.6 Å². The Bertz CT molecular complexity index is 1390. The van der Waals surface area contributed by atoms with Gasteiger partial charge in [-0.25, -0.2) is 9.59 Å². The van der Waals surface area contributed by atoms with E-state index in [1.165, 1.54) is 6.92 Å².